The van der Waals surface area contributed by atoms with E-state index in [2.05, 4.69) is 5.32 Å². The first-order valence-electron chi connectivity index (χ1n) is 6.75. The SMILES string of the molecule is COc1ccc(C)cc1CC(=O)Nc1cccc(CO)c1. The lowest BCUT2D eigenvalue weighted by Gasteiger charge is -2.10. The Kier molecular flexibility index (Phi) is 4.95. The van der Waals surface area contributed by atoms with Crippen molar-refractivity contribution in [2.75, 3.05) is 12.4 Å². The predicted octanol–water partition coefficient (Wildman–Crippen LogP) is 2.68. The molecule has 4 heteroatoms. The third-order valence-electron chi connectivity index (χ3n) is 3.18. The first-order valence-corrected chi connectivity index (χ1v) is 6.75. The highest BCUT2D eigenvalue weighted by Gasteiger charge is 2.09. The fraction of sp³-hybridized carbons (Fsp3) is 0.235. The number of amides is 1. The van der Waals surface area contributed by atoms with Gasteiger partial charge in [-0.05, 0) is 30.7 Å². The van der Waals surface area contributed by atoms with Crippen LogP contribution in [0.4, 0.5) is 5.69 Å². The summed E-state index contributed by atoms with van der Waals surface area (Å²) >= 11 is 0. The zero-order valence-electron chi connectivity index (χ0n) is 12.2. The summed E-state index contributed by atoms with van der Waals surface area (Å²) in [5.74, 6) is 0.592. The summed E-state index contributed by atoms with van der Waals surface area (Å²) in [6.07, 6.45) is 0.244. The number of aliphatic hydroxyl groups is 1. The Morgan fingerprint density at radius 3 is 2.76 bits per heavy atom. The fourth-order valence-electron chi connectivity index (χ4n) is 2.17. The van der Waals surface area contributed by atoms with E-state index in [1.807, 2.05) is 25.1 Å². The highest BCUT2D eigenvalue weighted by Crippen LogP contribution is 2.21. The first-order chi connectivity index (χ1) is 10.1. The molecule has 0 saturated carbocycles. The van der Waals surface area contributed by atoms with Gasteiger partial charge in [0.05, 0.1) is 20.1 Å². The van der Waals surface area contributed by atoms with Crippen LogP contribution in [0, 0.1) is 6.92 Å². The Labute approximate surface area is 124 Å². The average Bonchev–Trinajstić information content (AvgIpc) is 2.47. The number of anilines is 1. The third kappa shape index (κ3) is 4.07. The van der Waals surface area contributed by atoms with Crippen molar-refractivity contribution < 1.29 is 14.6 Å². The van der Waals surface area contributed by atoms with Gasteiger partial charge < -0.3 is 15.2 Å². The van der Waals surface area contributed by atoms with E-state index in [1.165, 1.54) is 0 Å². The zero-order valence-corrected chi connectivity index (χ0v) is 12.2. The van der Waals surface area contributed by atoms with E-state index < -0.39 is 0 Å². The lowest BCUT2D eigenvalue weighted by molar-refractivity contribution is -0.115. The Hall–Kier alpha value is -2.33. The number of methoxy groups -OCH3 is 1. The van der Waals surface area contributed by atoms with Crippen molar-refractivity contribution in [2.45, 2.75) is 20.0 Å². The van der Waals surface area contributed by atoms with Crippen LogP contribution in [0.3, 0.4) is 0 Å². The van der Waals surface area contributed by atoms with Crippen molar-refractivity contribution in [1.29, 1.82) is 0 Å². The van der Waals surface area contributed by atoms with Crippen LogP contribution in [0.1, 0.15) is 16.7 Å². The fourth-order valence-corrected chi connectivity index (χ4v) is 2.17. The molecule has 2 N–H and O–H groups in total. The van der Waals surface area contributed by atoms with Crippen LogP contribution in [-0.4, -0.2) is 18.1 Å². The number of aryl methyl sites for hydroxylation is 1. The Morgan fingerprint density at radius 2 is 2.05 bits per heavy atom. The minimum absolute atomic E-state index is 0.0462. The molecule has 2 aromatic carbocycles. The molecule has 0 radical (unpaired) electrons. The molecule has 0 atom stereocenters. The van der Waals surface area contributed by atoms with Gasteiger partial charge in [-0.2, -0.15) is 0 Å². The van der Waals surface area contributed by atoms with Crippen LogP contribution in [-0.2, 0) is 17.8 Å². The minimum Gasteiger partial charge on any atom is -0.496 e. The van der Waals surface area contributed by atoms with Gasteiger partial charge in [-0.25, -0.2) is 0 Å². The van der Waals surface area contributed by atoms with Crippen LogP contribution in [0.5, 0.6) is 5.75 Å². The lowest BCUT2D eigenvalue weighted by Crippen LogP contribution is -2.15. The number of ether oxygens (including phenoxy) is 1. The van der Waals surface area contributed by atoms with Crippen LogP contribution in [0.15, 0.2) is 42.5 Å². The van der Waals surface area contributed by atoms with Crippen molar-refractivity contribution in [3.63, 3.8) is 0 Å². The van der Waals surface area contributed by atoms with Crippen LogP contribution >= 0.6 is 0 Å². The van der Waals surface area contributed by atoms with E-state index >= 15 is 0 Å². The molecule has 0 spiro atoms. The maximum atomic E-state index is 12.1. The summed E-state index contributed by atoms with van der Waals surface area (Å²) in [7, 11) is 1.59. The van der Waals surface area contributed by atoms with Crippen molar-refractivity contribution in [2.24, 2.45) is 0 Å². The molecule has 21 heavy (non-hydrogen) atoms. The van der Waals surface area contributed by atoms with E-state index in [1.54, 1.807) is 31.4 Å². The van der Waals surface area contributed by atoms with Crippen molar-refractivity contribution in [1.82, 2.24) is 0 Å². The lowest BCUT2D eigenvalue weighted by atomic mass is 10.1. The Balaban J connectivity index is 2.09. The van der Waals surface area contributed by atoms with Gasteiger partial charge in [-0.1, -0.05) is 29.8 Å². The predicted molar refractivity (Wildman–Crippen MR) is 82.4 cm³/mol. The number of hydrogen-bond donors (Lipinski definition) is 2. The molecular weight excluding hydrogens is 266 g/mol. The van der Waals surface area contributed by atoms with Gasteiger partial charge >= 0.3 is 0 Å². The van der Waals surface area contributed by atoms with Gasteiger partial charge in [0.2, 0.25) is 5.91 Å². The molecule has 0 aliphatic carbocycles. The van der Waals surface area contributed by atoms with Crippen molar-refractivity contribution in [3.8, 4) is 5.75 Å². The minimum atomic E-state index is -0.117. The molecule has 0 heterocycles. The van der Waals surface area contributed by atoms with E-state index in [9.17, 15) is 4.79 Å². The van der Waals surface area contributed by atoms with Gasteiger partial charge in [0, 0.05) is 11.3 Å². The number of carbonyl (C=O) groups is 1. The molecule has 2 rings (SSSR count). The van der Waals surface area contributed by atoms with Gasteiger partial charge in [-0.15, -0.1) is 0 Å². The van der Waals surface area contributed by atoms with Gasteiger partial charge in [0.1, 0.15) is 5.75 Å². The molecule has 0 aliphatic heterocycles. The topological polar surface area (TPSA) is 58.6 Å². The second-order valence-electron chi connectivity index (χ2n) is 4.90. The second-order valence-corrected chi connectivity index (χ2v) is 4.90. The normalized spacial score (nSPS) is 10.2. The number of rotatable bonds is 5. The molecule has 0 aromatic heterocycles. The van der Waals surface area contributed by atoms with Gasteiger partial charge in [0.15, 0.2) is 0 Å². The molecule has 0 saturated heterocycles. The number of aliphatic hydroxyl groups excluding tert-OH is 1. The zero-order chi connectivity index (χ0) is 15.2. The van der Waals surface area contributed by atoms with E-state index in [4.69, 9.17) is 9.84 Å². The van der Waals surface area contributed by atoms with Crippen molar-refractivity contribution in [3.05, 3.63) is 59.2 Å². The summed E-state index contributed by atoms with van der Waals surface area (Å²) in [6, 6.07) is 12.9. The molecule has 1 amide bonds. The molecular formula is C17H19NO3. The van der Waals surface area contributed by atoms with Crippen LogP contribution in [0.2, 0.25) is 0 Å². The van der Waals surface area contributed by atoms with Gasteiger partial charge in [0.25, 0.3) is 0 Å². The van der Waals surface area contributed by atoms with Gasteiger partial charge in [-0.3, -0.25) is 4.79 Å². The quantitative estimate of drug-likeness (QED) is 0.888. The standard InChI is InChI=1S/C17H19NO3/c1-12-6-7-16(21-2)14(8-12)10-17(20)18-15-5-3-4-13(9-15)11-19/h3-9,19H,10-11H2,1-2H3,(H,18,20). The smallest absolute Gasteiger partial charge is 0.228 e. The number of nitrogens with one attached hydrogen (secondary N) is 1. The maximum absolute atomic E-state index is 12.1. The Bertz CT molecular complexity index is 638. The molecule has 0 bridgehead atoms. The average molecular weight is 285 g/mol. The van der Waals surface area contributed by atoms with E-state index in [-0.39, 0.29) is 18.9 Å². The summed E-state index contributed by atoms with van der Waals surface area (Å²) in [5, 5.41) is 11.9. The first kappa shape index (κ1) is 15.1. The summed E-state index contributed by atoms with van der Waals surface area (Å²) in [6.45, 7) is 1.93. The van der Waals surface area contributed by atoms with E-state index in [0.29, 0.717) is 11.4 Å². The molecule has 4 nitrogen and oxygen atoms in total. The second kappa shape index (κ2) is 6.90. The molecule has 0 fully saturated rings. The molecule has 0 unspecified atom stereocenters. The Morgan fingerprint density at radius 1 is 1.24 bits per heavy atom. The highest BCUT2D eigenvalue weighted by atomic mass is 16.5. The third-order valence-corrected chi connectivity index (χ3v) is 3.18. The van der Waals surface area contributed by atoms with Crippen molar-refractivity contribution >= 4 is 11.6 Å². The highest BCUT2D eigenvalue weighted by molar-refractivity contribution is 5.92. The van der Waals surface area contributed by atoms with Crippen LogP contribution in [0.25, 0.3) is 0 Å². The number of hydrogen-bond acceptors (Lipinski definition) is 3. The van der Waals surface area contributed by atoms with Crippen LogP contribution < -0.4 is 10.1 Å². The molecule has 0 aliphatic rings. The van der Waals surface area contributed by atoms with E-state index in [0.717, 1.165) is 16.7 Å². The largest absolute Gasteiger partial charge is 0.496 e. The molecule has 110 valence electrons. The maximum Gasteiger partial charge on any atom is 0.228 e. The summed E-state index contributed by atoms with van der Waals surface area (Å²) < 4.78 is 5.27. The molecule has 2 aromatic rings. The number of benzene rings is 2. The summed E-state index contributed by atoms with van der Waals surface area (Å²) in [4.78, 5) is 12.1. The monoisotopic (exact) mass is 285 g/mol. The number of carbonyl (C=O) groups excluding carboxylic acids is 1. The summed E-state index contributed by atoms with van der Waals surface area (Å²) in [5.41, 5.74) is 3.38.